The van der Waals surface area contributed by atoms with Gasteiger partial charge in [-0.15, -0.1) is 22.7 Å². The van der Waals surface area contributed by atoms with Crippen LogP contribution in [0.4, 0.5) is 0 Å². The molecule has 1 aliphatic rings. The molecule has 0 radical (unpaired) electrons. The Morgan fingerprint density at radius 1 is 1.00 bits per heavy atom. The van der Waals surface area contributed by atoms with Gasteiger partial charge in [0.25, 0.3) is 0 Å². The van der Waals surface area contributed by atoms with Crippen molar-refractivity contribution in [2.75, 3.05) is 0 Å². The highest BCUT2D eigenvalue weighted by molar-refractivity contribution is 7.10. The molecule has 0 saturated heterocycles. The molecule has 2 heterocycles. The molecule has 1 saturated carbocycles. The minimum Gasteiger partial charge on any atom is -0.351 e. The number of nitrogens with zero attached hydrogens (tertiary/aromatic N) is 1. The molecule has 1 aromatic carbocycles. The minimum absolute atomic E-state index is 0.0812. The van der Waals surface area contributed by atoms with Crippen molar-refractivity contribution in [3.05, 3.63) is 79.6 Å². The van der Waals surface area contributed by atoms with Gasteiger partial charge in [0, 0.05) is 26.4 Å². The van der Waals surface area contributed by atoms with Crippen LogP contribution in [0.15, 0.2) is 59.3 Å². The summed E-state index contributed by atoms with van der Waals surface area (Å²) in [7, 11) is 0. The van der Waals surface area contributed by atoms with Crippen LogP contribution < -0.4 is 5.32 Å². The van der Waals surface area contributed by atoms with Crippen LogP contribution in [-0.4, -0.2) is 22.8 Å². The summed E-state index contributed by atoms with van der Waals surface area (Å²) < 4.78 is 0. The maximum absolute atomic E-state index is 13.6. The van der Waals surface area contributed by atoms with Gasteiger partial charge in [-0.1, -0.05) is 54.8 Å². The third-order valence-electron chi connectivity index (χ3n) is 5.59. The average molecular weight is 473 g/mol. The molecule has 31 heavy (non-hydrogen) atoms. The van der Waals surface area contributed by atoms with E-state index in [-0.39, 0.29) is 24.3 Å². The third kappa shape index (κ3) is 5.56. The molecule has 4 rings (SSSR count). The normalized spacial score (nSPS) is 15.0. The summed E-state index contributed by atoms with van der Waals surface area (Å²) in [5.41, 5.74) is 0.663. The van der Waals surface area contributed by atoms with Gasteiger partial charge in [0.05, 0.1) is 13.0 Å². The molecule has 1 N–H and O–H groups in total. The van der Waals surface area contributed by atoms with Crippen LogP contribution in [-0.2, 0) is 22.6 Å². The van der Waals surface area contributed by atoms with Gasteiger partial charge in [0.15, 0.2) is 0 Å². The van der Waals surface area contributed by atoms with E-state index in [1.807, 2.05) is 53.2 Å². The second kappa shape index (κ2) is 10.4. The number of thiophene rings is 2. The molecule has 1 atom stereocenters. The first kappa shape index (κ1) is 22.1. The Bertz CT molecular complexity index is 999. The van der Waals surface area contributed by atoms with Crippen molar-refractivity contribution < 1.29 is 9.59 Å². The number of benzene rings is 1. The quantitative estimate of drug-likeness (QED) is 0.448. The van der Waals surface area contributed by atoms with Crippen LogP contribution in [0.2, 0.25) is 5.02 Å². The molecule has 7 heteroatoms. The standard InChI is InChI=1S/C24H25ClN2O2S2/c25-21-12-4-3-11-20(21)23(24(29)26-17-7-1-2-8-17)27(16-19-10-6-14-31-19)22(28)15-18-9-5-13-30-18/h3-6,9-14,17,23H,1-2,7-8,15-16H2,(H,26,29)/t23-/m0/s1. The monoisotopic (exact) mass is 472 g/mol. The Hall–Kier alpha value is -2.15. The smallest absolute Gasteiger partial charge is 0.247 e. The number of rotatable bonds is 8. The Morgan fingerprint density at radius 2 is 1.68 bits per heavy atom. The molecular weight excluding hydrogens is 448 g/mol. The van der Waals surface area contributed by atoms with Gasteiger partial charge in [0.1, 0.15) is 6.04 Å². The highest BCUT2D eigenvalue weighted by atomic mass is 35.5. The van der Waals surface area contributed by atoms with Crippen molar-refractivity contribution in [1.82, 2.24) is 10.2 Å². The first-order chi connectivity index (χ1) is 15.1. The summed E-state index contributed by atoms with van der Waals surface area (Å²) in [6.07, 6.45) is 4.47. The Balaban J connectivity index is 1.69. The van der Waals surface area contributed by atoms with E-state index in [0.29, 0.717) is 17.1 Å². The maximum Gasteiger partial charge on any atom is 0.247 e. The summed E-state index contributed by atoms with van der Waals surface area (Å²) >= 11 is 9.67. The van der Waals surface area contributed by atoms with Gasteiger partial charge in [-0.05, 0) is 41.8 Å². The van der Waals surface area contributed by atoms with Gasteiger partial charge < -0.3 is 10.2 Å². The summed E-state index contributed by atoms with van der Waals surface area (Å²) in [5, 5.41) is 7.64. The van der Waals surface area contributed by atoms with E-state index in [9.17, 15) is 9.59 Å². The number of hydrogen-bond acceptors (Lipinski definition) is 4. The summed E-state index contributed by atoms with van der Waals surface area (Å²) in [6.45, 7) is 0.371. The van der Waals surface area contributed by atoms with Crippen molar-refractivity contribution in [3.8, 4) is 0 Å². The zero-order valence-electron chi connectivity index (χ0n) is 17.1. The van der Waals surface area contributed by atoms with Crippen molar-refractivity contribution in [2.24, 2.45) is 0 Å². The lowest BCUT2D eigenvalue weighted by Crippen LogP contribution is -2.46. The molecule has 162 valence electrons. The Labute approximate surface area is 195 Å². The van der Waals surface area contributed by atoms with Gasteiger partial charge in [-0.3, -0.25) is 9.59 Å². The fourth-order valence-electron chi connectivity index (χ4n) is 4.06. The molecule has 2 aromatic heterocycles. The van der Waals surface area contributed by atoms with Crippen LogP contribution in [0.5, 0.6) is 0 Å². The first-order valence-corrected chi connectivity index (χ1v) is 12.6. The fraction of sp³-hybridized carbons (Fsp3) is 0.333. The predicted molar refractivity (Wildman–Crippen MR) is 127 cm³/mol. The van der Waals surface area contributed by atoms with Crippen LogP contribution in [0.25, 0.3) is 0 Å². The van der Waals surface area contributed by atoms with Gasteiger partial charge in [-0.25, -0.2) is 0 Å². The Morgan fingerprint density at radius 3 is 2.32 bits per heavy atom. The zero-order valence-corrected chi connectivity index (χ0v) is 19.5. The van der Waals surface area contributed by atoms with E-state index in [0.717, 1.165) is 35.4 Å². The van der Waals surface area contributed by atoms with E-state index in [2.05, 4.69) is 5.32 Å². The molecule has 3 aromatic rings. The van der Waals surface area contributed by atoms with Crippen molar-refractivity contribution in [1.29, 1.82) is 0 Å². The highest BCUT2D eigenvalue weighted by Crippen LogP contribution is 2.32. The van der Waals surface area contributed by atoms with Gasteiger partial charge in [0.2, 0.25) is 11.8 Å². The number of nitrogens with one attached hydrogen (secondary N) is 1. The molecule has 0 unspecified atom stereocenters. The minimum atomic E-state index is -0.774. The van der Waals surface area contributed by atoms with E-state index in [1.54, 1.807) is 33.6 Å². The number of carbonyl (C=O) groups is 2. The molecular formula is C24H25ClN2O2S2. The van der Waals surface area contributed by atoms with E-state index < -0.39 is 6.04 Å². The van der Waals surface area contributed by atoms with E-state index in [4.69, 9.17) is 11.6 Å². The molecule has 0 spiro atoms. The number of amides is 2. The Kier molecular flexibility index (Phi) is 7.43. The van der Waals surface area contributed by atoms with Crippen molar-refractivity contribution in [3.63, 3.8) is 0 Å². The summed E-state index contributed by atoms with van der Waals surface area (Å²) in [4.78, 5) is 30.8. The predicted octanol–water partition coefficient (Wildman–Crippen LogP) is 5.83. The second-order valence-electron chi connectivity index (χ2n) is 7.77. The molecule has 4 nitrogen and oxygen atoms in total. The zero-order chi connectivity index (χ0) is 21.6. The molecule has 1 fully saturated rings. The topological polar surface area (TPSA) is 49.4 Å². The van der Waals surface area contributed by atoms with E-state index in [1.165, 1.54) is 0 Å². The number of hydrogen-bond donors (Lipinski definition) is 1. The van der Waals surface area contributed by atoms with E-state index >= 15 is 0 Å². The average Bonchev–Trinajstić information content (AvgIpc) is 3.53. The van der Waals surface area contributed by atoms with Gasteiger partial charge in [-0.2, -0.15) is 0 Å². The lowest BCUT2D eigenvalue weighted by Gasteiger charge is -2.32. The highest BCUT2D eigenvalue weighted by Gasteiger charge is 2.34. The fourth-order valence-corrected chi connectivity index (χ4v) is 5.69. The number of halogens is 1. The first-order valence-electron chi connectivity index (χ1n) is 10.5. The van der Waals surface area contributed by atoms with Crippen molar-refractivity contribution >= 4 is 46.1 Å². The molecule has 2 amide bonds. The van der Waals surface area contributed by atoms with Crippen LogP contribution in [0.3, 0.4) is 0 Å². The summed E-state index contributed by atoms with van der Waals surface area (Å²) in [6, 6.07) is 14.6. The third-order valence-corrected chi connectivity index (χ3v) is 7.68. The van der Waals surface area contributed by atoms with Crippen LogP contribution >= 0.6 is 34.3 Å². The maximum atomic E-state index is 13.6. The SMILES string of the molecule is O=C(NC1CCCC1)[C@H](c1ccccc1Cl)N(Cc1cccs1)C(=O)Cc1cccs1. The van der Waals surface area contributed by atoms with Gasteiger partial charge >= 0.3 is 0 Å². The van der Waals surface area contributed by atoms with Crippen molar-refractivity contribution in [2.45, 2.75) is 50.7 Å². The second-order valence-corrected chi connectivity index (χ2v) is 10.2. The largest absolute Gasteiger partial charge is 0.351 e. The molecule has 0 aliphatic heterocycles. The lowest BCUT2D eigenvalue weighted by molar-refractivity contribution is -0.141. The molecule has 1 aliphatic carbocycles. The molecule has 0 bridgehead atoms. The number of carbonyl (C=O) groups excluding carboxylic acids is 2. The summed E-state index contributed by atoms with van der Waals surface area (Å²) in [5.74, 6) is -0.238. The lowest BCUT2D eigenvalue weighted by atomic mass is 10.0. The van der Waals surface area contributed by atoms with Crippen LogP contribution in [0.1, 0.15) is 47.0 Å². The van der Waals surface area contributed by atoms with Crippen LogP contribution in [0, 0.1) is 0 Å².